The van der Waals surface area contributed by atoms with E-state index in [4.69, 9.17) is 5.26 Å². The summed E-state index contributed by atoms with van der Waals surface area (Å²) in [7, 11) is -4.50. The van der Waals surface area contributed by atoms with E-state index in [-0.39, 0.29) is 31.3 Å². The number of hydrogen-bond acceptors (Lipinski definition) is 5. The van der Waals surface area contributed by atoms with E-state index >= 15 is 0 Å². The molecule has 1 aliphatic heterocycles. The summed E-state index contributed by atoms with van der Waals surface area (Å²) < 4.78 is 66.7. The van der Waals surface area contributed by atoms with Gasteiger partial charge in [0.2, 0.25) is 11.8 Å². The number of alkyl halides is 3. The van der Waals surface area contributed by atoms with Crippen molar-refractivity contribution in [3.05, 3.63) is 29.8 Å². The topological polar surface area (TPSA) is 107 Å². The highest BCUT2D eigenvalue weighted by molar-refractivity contribution is 7.92. The van der Waals surface area contributed by atoms with Crippen molar-refractivity contribution in [1.82, 2.24) is 10.2 Å². The molecule has 1 saturated carbocycles. The number of nitrogens with one attached hydrogen (secondary N) is 1. The van der Waals surface area contributed by atoms with Crippen molar-refractivity contribution < 1.29 is 31.2 Å². The van der Waals surface area contributed by atoms with Crippen LogP contribution < -0.4 is 5.32 Å². The lowest BCUT2D eigenvalue weighted by Gasteiger charge is -2.29. The Morgan fingerprint density at radius 1 is 1.16 bits per heavy atom. The number of rotatable bonds is 5. The molecule has 0 radical (unpaired) electrons. The third-order valence-electron chi connectivity index (χ3n) is 6.08. The Morgan fingerprint density at radius 2 is 1.81 bits per heavy atom. The van der Waals surface area contributed by atoms with Crippen LogP contribution in [0.25, 0.3) is 0 Å². The van der Waals surface area contributed by atoms with Gasteiger partial charge in [0.1, 0.15) is 12.6 Å². The van der Waals surface area contributed by atoms with Crippen molar-refractivity contribution in [3.8, 4) is 6.07 Å². The summed E-state index contributed by atoms with van der Waals surface area (Å²) in [6.45, 7) is -0.691. The van der Waals surface area contributed by atoms with Gasteiger partial charge in [-0.2, -0.15) is 18.4 Å². The van der Waals surface area contributed by atoms with Crippen LogP contribution >= 0.6 is 0 Å². The van der Waals surface area contributed by atoms with Crippen LogP contribution in [0, 0.1) is 17.2 Å². The lowest BCUT2D eigenvalue weighted by molar-refractivity contribution is -0.142. The highest BCUT2D eigenvalue weighted by Crippen LogP contribution is 2.38. The zero-order valence-electron chi connectivity index (χ0n) is 17.3. The third kappa shape index (κ3) is 4.90. The third-order valence-corrected chi connectivity index (χ3v) is 8.27. The second kappa shape index (κ2) is 9.48. The van der Waals surface area contributed by atoms with Crippen LogP contribution in [-0.2, 0) is 25.6 Å². The number of amides is 2. The number of nitrogens with zero attached hydrogens (tertiary/aromatic N) is 2. The van der Waals surface area contributed by atoms with Gasteiger partial charge in [-0.3, -0.25) is 9.59 Å². The van der Waals surface area contributed by atoms with E-state index in [0.29, 0.717) is 18.9 Å². The first-order chi connectivity index (χ1) is 15.1. The quantitative estimate of drug-likeness (QED) is 0.665. The van der Waals surface area contributed by atoms with Crippen molar-refractivity contribution in [3.63, 3.8) is 0 Å². The Hall–Kier alpha value is -2.61. The van der Waals surface area contributed by atoms with Crippen LogP contribution in [0.1, 0.15) is 44.1 Å². The van der Waals surface area contributed by atoms with Crippen LogP contribution in [-0.4, -0.2) is 49.5 Å². The number of benzene rings is 1. The van der Waals surface area contributed by atoms with Crippen molar-refractivity contribution >= 4 is 21.7 Å². The predicted octanol–water partition coefficient (Wildman–Crippen LogP) is 2.67. The standard InChI is InChI=1S/C21H24F3N3O4S/c22-21(23,24)16-8-4-5-9-18(16)32(30,31)15-12-17(19(28)26-11-10-25)27(13-15)20(29)14-6-2-1-3-7-14/h4-5,8-9,14-15,17H,1-3,6-7,11-13H2,(H,26,28)/t15-,17+/m1/s1. The maximum absolute atomic E-state index is 13.4. The number of halogens is 3. The normalized spacial score (nSPS) is 22.4. The minimum Gasteiger partial charge on any atom is -0.341 e. The molecule has 32 heavy (non-hydrogen) atoms. The van der Waals surface area contributed by atoms with E-state index in [0.717, 1.165) is 31.4 Å². The fraction of sp³-hybridized carbons (Fsp3) is 0.571. The molecule has 2 fully saturated rings. The Labute approximate surface area is 184 Å². The first kappa shape index (κ1) is 24.0. The van der Waals surface area contributed by atoms with Crippen molar-refractivity contribution in [2.45, 2.75) is 60.9 Å². The number of likely N-dealkylation sites (tertiary alicyclic amines) is 1. The van der Waals surface area contributed by atoms with Gasteiger partial charge in [-0.05, 0) is 31.4 Å². The lowest BCUT2D eigenvalue weighted by atomic mass is 9.88. The molecular weight excluding hydrogens is 447 g/mol. The zero-order chi connectivity index (χ0) is 23.5. The number of hydrogen-bond donors (Lipinski definition) is 1. The highest BCUT2D eigenvalue weighted by atomic mass is 32.2. The SMILES string of the molecule is N#CCNC(=O)[C@@H]1C[C@@H](S(=O)(=O)c2ccccc2C(F)(F)F)CN1C(=O)C1CCCCC1. The van der Waals surface area contributed by atoms with E-state index in [1.165, 1.54) is 11.0 Å². The molecule has 174 valence electrons. The van der Waals surface area contributed by atoms with Gasteiger partial charge in [-0.15, -0.1) is 0 Å². The van der Waals surface area contributed by atoms with Crippen molar-refractivity contribution in [1.29, 1.82) is 5.26 Å². The molecule has 2 amide bonds. The van der Waals surface area contributed by atoms with Gasteiger partial charge in [0.15, 0.2) is 9.84 Å². The monoisotopic (exact) mass is 471 g/mol. The first-order valence-corrected chi connectivity index (χ1v) is 12.0. The molecule has 3 rings (SSSR count). The molecule has 1 aromatic rings. The predicted molar refractivity (Wildman–Crippen MR) is 108 cm³/mol. The molecule has 0 unspecified atom stereocenters. The van der Waals surface area contributed by atoms with Gasteiger partial charge >= 0.3 is 6.18 Å². The number of carbonyl (C=O) groups is 2. The Morgan fingerprint density at radius 3 is 2.44 bits per heavy atom. The molecule has 1 saturated heterocycles. The summed E-state index contributed by atoms with van der Waals surface area (Å²) in [5.41, 5.74) is -1.28. The van der Waals surface area contributed by atoms with Gasteiger partial charge in [0.05, 0.1) is 21.8 Å². The molecule has 11 heteroatoms. The summed E-state index contributed by atoms with van der Waals surface area (Å²) in [4.78, 5) is 26.1. The average molecular weight is 472 g/mol. The van der Waals surface area contributed by atoms with E-state index in [2.05, 4.69) is 5.32 Å². The minimum absolute atomic E-state index is 0.324. The summed E-state index contributed by atoms with van der Waals surface area (Å²) in [5, 5.41) is 9.70. The molecule has 2 atom stereocenters. The molecule has 0 bridgehead atoms. The van der Waals surface area contributed by atoms with Crippen molar-refractivity contribution in [2.24, 2.45) is 5.92 Å². The number of nitriles is 1. The Balaban J connectivity index is 1.93. The smallest absolute Gasteiger partial charge is 0.341 e. The van der Waals surface area contributed by atoms with E-state index < -0.39 is 43.7 Å². The molecule has 1 heterocycles. The van der Waals surface area contributed by atoms with Crippen LogP contribution in [0.15, 0.2) is 29.2 Å². The largest absolute Gasteiger partial charge is 0.417 e. The van der Waals surface area contributed by atoms with Crippen LogP contribution in [0.3, 0.4) is 0 Å². The summed E-state index contributed by atoms with van der Waals surface area (Å²) >= 11 is 0. The fourth-order valence-corrected chi connectivity index (χ4v) is 6.38. The summed E-state index contributed by atoms with van der Waals surface area (Å²) in [6, 6.07) is 4.49. The molecule has 1 N–H and O–H groups in total. The van der Waals surface area contributed by atoms with Gasteiger partial charge in [0, 0.05) is 12.5 Å². The Kier molecular flexibility index (Phi) is 7.12. The van der Waals surface area contributed by atoms with Crippen molar-refractivity contribution in [2.75, 3.05) is 13.1 Å². The molecule has 1 aromatic carbocycles. The minimum atomic E-state index is -4.87. The van der Waals surface area contributed by atoms with Gasteiger partial charge in [-0.1, -0.05) is 31.4 Å². The lowest BCUT2D eigenvalue weighted by Crippen LogP contribution is -2.48. The van der Waals surface area contributed by atoms with E-state index in [9.17, 15) is 31.2 Å². The molecule has 0 aromatic heterocycles. The first-order valence-electron chi connectivity index (χ1n) is 10.4. The second-order valence-corrected chi connectivity index (χ2v) is 10.3. The fourth-order valence-electron chi connectivity index (χ4n) is 4.47. The van der Waals surface area contributed by atoms with Gasteiger partial charge < -0.3 is 10.2 Å². The highest BCUT2D eigenvalue weighted by Gasteiger charge is 2.48. The number of carbonyl (C=O) groups excluding carboxylic acids is 2. The van der Waals surface area contributed by atoms with Gasteiger partial charge in [0.25, 0.3) is 0 Å². The van der Waals surface area contributed by atoms with Gasteiger partial charge in [-0.25, -0.2) is 8.42 Å². The van der Waals surface area contributed by atoms with Crippen LogP contribution in [0.5, 0.6) is 0 Å². The summed E-state index contributed by atoms with van der Waals surface area (Å²) in [5.74, 6) is -1.39. The molecular formula is C21H24F3N3O4S. The molecule has 0 spiro atoms. The average Bonchev–Trinajstić information content (AvgIpc) is 3.23. The molecule has 2 aliphatic rings. The van der Waals surface area contributed by atoms with E-state index in [1.54, 1.807) is 6.07 Å². The molecule has 7 nitrogen and oxygen atoms in total. The maximum atomic E-state index is 13.4. The summed E-state index contributed by atoms with van der Waals surface area (Å²) in [6.07, 6.45) is -1.28. The maximum Gasteiger partial charge on any atom is 0.417 e. The second-order valence-electron chi connectivity index (χ2n) is 8.11. The number of sulfone groups is 1. The van der Waals surface area contributed by atoms with Crippen LogP contribution in [0.4, 0.5) is 13.2 Å². The molecule has 1 aliphatic carbocycles. The Bertz CT molecular complexity index is 1010. The zero-order valence-corrected chi connectivity index (χ0v) is 18.1. The van der Waals surface area contributed by atoms with Crippen LogP contribution in [0.2, 0.25) is 0 Å². The van der Waals surface area contributed by atoms with E-state index in [1.807, 2.05) is 0 Å².